The van der Waals surface area contributed by atoms with Crippen LogP contribution in [-0.2, 0) is 4.79 Å². The van der Waals surface area contributed by atoms with Crippen LogP contribution in [0.15, 0.2) is 62.8 Å². The molecule has 0 amide bonds. The van der Waals surface area contributed by atoms with Gasteiger partial charge < -0.3 is 14.8 Å². The van der Waals surface area contributed by atoms with Crippen LogP contribution in [0.25, 0.3) is 0 Å². The average Bonchev–Trinajstić information content (AvgIpc) is 3.20. The van der Waals surface area contributed by atoms with Crippen LogP contribution in [0.4, 0.5) is 6.01 Å². The number of rotatable bonds is 15. The number of carboxylic acid groups (broad SMARTS) is 1. The van der Waals surface area contributed by atoms with E-state index in [1.54, 1.807) is 0 Å². The second-order valence-electron chi connectivity index (χ2n) is 8.17. The van der Waals surface area contributed by atoms with Crippen molar-refractivity contribution in [1.29, 1.82) is 0 Å². The highest BCUT2D eigenvalue weighted by Crippen LogP contribution is 2.17. The maximum absolute atomic E-state index is 11.4. The second kappa shape index (κ2) is 15.6. The third-order valence-corrected chi connectivity index (χ3v) is 5.82. The molecule has 0 aromatic carbocycles. The van der Waals surface area contributed by atoms with Gasteiger partial charge in [-0.2, -0.15) is 0 Å². The van der Waals surface area contributed by atoms with Gasteiger partial charge in [0.05, 0.1) is 6.20 Å². The summed E-state index contributed by atoms with van der Waals surface area (Å²) in [6, 6.07) is -0.513. The van der Waals surface area contributed by atoms with E-state index >= 15 is 0 Å². The normalized spacial score (nSPS) is 13.8. The Morgan fingerprint density at radius 3 is 2.13 bits per heavy atom. The van der Waals surface area contributed by atoms with Gasteiger partial charge in [-0.3, -0.25) is 0 Å². The zero-order valence-corrected chi connectivity index (χ0v) is 20.4. The smallest absolute Gasteiger partial charge is 0.327 e. The summed E-state index contributed by atoms with van der Waals surface area (Å²) < 4.78 is 5.06. The van der Waals surface area contributed by atoms with Crippen molar-refractivity contribution in [2.45, 2.75) is 79.2 Å². The van der Waals surface area contributed by atoms with Gasteiger partial charge in [-0.05, 0) is 78.6 Å². The number of hydrogen-bond donors (Lipinski definition) is 2. The number of nitrogens with one attached hydrogen (secondary N) is 1. The molecule has 2 N–H and O–H groups in total. The summed E-state index contributed by atoms with van der Waals surface area (Å²) in [5, 5.41) is 14.2. The minimum atomic E-state index is -0.920. The highest BCUT2D eigenvalue weighted by molar-refractivity contribution is 8.02. The van der Waals surface area contributed by atoms with E-state index in [9.17, 15) is 9.90 Å². The van der Waals surface area contributed by atoms with Gasteiger partial charge in [0, 0.05) is 5.75 Å². The van der Waals surface area contributed by atoms with Crippen molar-refractivity contribution in [2.75, 3.05) is 11.1 Å². The third-order valence-electron chi connectivity index (χ3n) is 4.73. The lowest BCUT2D eigenvalue weighted by Gasteiger charge is -2.11. The molecule has 1 atom stereocenters. The molecular weight excluding hydrogens is 408 g/mol. The first-order chi connectivity index (χ1) is 14.8. The molecule has 1 unspecified atom stereocenters. The first kappa shape index (κ1) is 26.8. The molecule has 0 aliphatic heterocycles. The fraction of sp³-hybridized carbons (Fsp3) is 0.520. The molecule has 6 heteroatoms. The second-order valence-corrected chi connectivity index (χ2v) is 9.07. The van der Waals surface area contributed by atoms with E-state index < -0.39 is 12.0 Å². The SMILES string of the molecule is CC(C)=CCCC(C)=CCCC(C)=CCCC(C)=CSCC(Nc1ncco1)C(=O)O. The van der Waals surface area contributed by atoms with Crippen molar-refractivity contribution >= 4 is 23.7 Å². The Morgan fingerprint density at radius 2 is 1.61 bits per heavy atom. The summed E-state index contributed by atoms with van der Waals surface area (Å²) in [4.78, 5) is 15.3. The Balaban J connectivity index is 2.29. The molecule has 1 aromatic rings. The molecule has 0 saturated heterocycles. The van der Waals surface area contributed by atoms with Gasteiger partial charge in [0.1, 0.15) is 12.3 Å². The molecule has 0 bridgehead atoms. The lowest BCUT2D eigenvalue weighted by Crippen LogP contribution is -2.31. The minimum Gasteiger partial charge on any atom is -0.480 e. The summed E-state index contributed by atoms with van der Waals surface area (Å²) in [5.74, 6) is -0.514. The minimum absolute atomic E-state index is 0.229. The molecule has 5 nitrogen and oxygen atoms in total. The predicted octanol–water partition coefficient (Wildman–Crippen LogP) is 7.38. The Labute approximate surface area is 191 Å². The van der Waals surface area contributed by atoms with Gasteiger partial charge in [0.25, 0.3) is 6.01 Å². The molecule has 0 fully saturated rings. The van der Waals surface area contributed by atoms with Crippen LogP contribution < -0.4 is 5.32 Å². The van der Waals surface area contributed by atoms with Crippen LogP contribution in [0.2, 0.25) is 0 Å². The first-order valence-electron chi connectivity index (χ1n) is 10.9. The molecule has 172 valence electrons. The molecule has 31 heavy (non-hydrogen) atoms. The maximum atomic E-state index is 11.4. The van der Waals surface area contributed by atoms with Gasteiger partial charge in [-0.1, -0.05) is 40.5 Å². The first-order valence-corrected chi connectivity index (χ1v) is 11.9. The molecular formula is C25H38N2O3S. The Kier molecular flexibility index (Phi) is 13.5. The van der Waals surface area contributed by atoms with E-state index in [2.05, 4.69) is 68.6 Å². The highest BCUT2D eigenvalue weighted by atomic mass is 32.2. The zero-order valence-electron chi connectivity index (χ0n) is 19.6. The molecule has 1 rings (SSSR count). The van der Waals surface area contributed by atoms with Gasteiger partial charge in [-0.25, -0.2) is 9.78 Å². The fourth-order valence-corrected chi connectivity index (χ4v) is 3.77. The number of aliphatic carboxylic acids is 1. The van der Waals surface area contributed by atoms with Gasteiger partial charge in [0.2, 0.25) is 0 Å². The van der Waals surface area contributed by atoms with Crippen LogP contribution in [0.1, 0.15) is 73.1 Å². The number of carbonyl (C=O) groups is 1. The van der Waals surface area contributed by atoms with E-state index in [0.717, 1.165) is 38.5 Å². The van der Waals surface area contributed by atoms with Crippen LogP contribution in [-0.4, -0.2) is 27.9 Å². The Bertz CT molecular complexity index is 773. The number of oxazole rings is 1. The number of hydrogen-bond acceptors (Lipinski definition) is 5. The highest BCUT2D eigenvalue weighted by Gasteiger charge is 2.18. The third kappa shape index (κ3) is 13.7. The van der Waals surface area contributed by atoms with Crippen LogP contribution in [0.3, 0.4) is 0 Å². The van der Waals surface area contributed by atoms with Gasteiger partial charge >= 0.3 is 5.97 Å². The maximum Gasteiger partial charge on any atom is 0.327 e. The van der Waals surface area contributed by atoms with Gasteiger partial charge in [0.15, 0.2) is 0 Å². The molecule has 0 spiro atoms. The largest absolute Gasteiger partial charge is 0.480 e. The lowest BCUT2D eigenvalue weighted by atomic mass is 10.0. The van der Waals surface area contributed by atoms with Crippen molar-refractivity contribution in [3.63, 3.8) is 0 Å². The van der Waals surface area contributed by atoms with E-state index in [1.165, 1.54) is 46.5 Å². The number of nitrogens with zero attached hydrogens (tertiary/aromatic N) is 1. The topological polar surface area (TPSA) is 75.4 Å². The molecule has 0 aliphatic carbocycles. The molecule has 1 aromatic heterocycles. The standard InChI is InChI=1S/C25H38N2O3S/c1-19(2)9-6-10-20(3)11-7-12-21(4)13-8-14-22(5)17-31-18-23(24(28)29)27-25-26-15-16-30-25/h9,11,13,15-17,23H,6-8,10,12,14,18H2,1-5H3,(H,26,27)(H,28,29). The summed E-state index contributed by atoms with van der Waals surface area (Å²) in [6.07, 6.45) is 16.3. The fourth-order valence-electron chi connectivity index (χ4n) is 2.85. The van der Waals surface area contributed by atoms with Crippen molar-refractivity contribution in [2.24, 2.45) is 0 Å². The van der Waals surface area contributed by atoms with Crippen molar-refractivity contribution in [1.82, 2.24) is 4.98 Å². The number of aromatic nitrogens is 1. The number of anilines is 1. The summed E-state index contributed by atoms with van der Waals surface area (Å²) in [6.45, 7) is 10.8. The summed E-state index contributed by atoms with van der Waals surface area (Å²) >= 11 is 1.50. The molecule has 1 heterocycles. The van der Waals surface area contributed by atoms with E-state index in [4.69, 9.17) is 4.42 Å². The van der Waals surface area contributed by atoms with Gasteiger partial charge in [-0.15, -0.1) is 11.8 Å². The summed E-state index contributed by atoms with van der Waals surface area (Å²) in [7, 11) is 0. The molecule has 0 aliphatic rings. The lowest BCUT2D eigenvalue weighted by molar-refractivity contribution is -0.137. The van der Waals surface area contributed by atoms with Crippen LogP contribution >= 0.6 is 11.8 Å². The molecule has 0 radical (unpaired) electrons. The van der Waals surface area contributed by atoms with Crippen LogP contribution in [0, 0.1) is 0 Å². The Morgan fingerprint density at radius 1 is 1.03 bits per heavy atom. The zero-order chi connectivity index (χ0) is 23.1. The quantitative estimate of drug-likeness (QED) is 0.274. The molecule has 0 saturated carbocycles. The van der Waals surface area contributed by atoms with E-state index in [1.807, 2.05) is 0 Å². The predicted molar refractivity (Wildman–Crippen MR) is 132 cm³/mol. The number of carboxylic acids is 1. The van der Waals surface area contributed by atoms with Crippen molar-refractivity contribution < 1.29 is 14.3 Å². The van der Waals surface area contributed by atoms with E-state index in [0.29, 0.717) is 5.75 Å². The Hall–Kier alpha value is -2.21. The monoisotopic (exact) mass is 446 g/mol. The summed E-state index contributed by atoms with van der Waals surface area (Å²) in [5.41, 5.74) is 5.54. The van der Waals surface area contributed by atoms with Crippen molar-refractivity contribution in [3.8, 4) is 0 Å². The average molecular weight is 447 g/mol. The number of thioether (sulfide) groups is 1. The van der Waals surface area contributed by atoms with Crippen molar-refractivity contribution in [3.05, 3.63) is 58.4 Å². The van der Waals surface area contributed by atoms with E-state index in [-0.39, 0.29) is 6.01 Å². The van der Waals surface area contributed by atoms with Crippen LogP contribution in [0.5, 0.6) is 0 Å². The number of allylic oxidation sites excluding steroid dienone is 7.